The van der Waals surface area contributed by atoms with Gasteiger partial charge in [0.1, 0.15) is 5.75 Å². The second kappa shape index (κ2) is 6.75. The van der Waals surface area contributed by atoms with E-state index in [1.807, 2.05) is 13.1 Å². The SMILES string of the molecule is Cc1cc(=O)n(C)cc1-c1ccc2c(c1)COC1(CCN(C3CCC3)CC1)O2. The van der Waals surface area contributed by atoms with Crippen LogP contribution in [0.5, 0.6) is 5.75 Å². The summed E-state index contributed by atoms with van der Waals surface area (Å²) in [4.78, 5) is 14.4. The first-order chi connectivity index (χ1) is 13.5. The Hall–Kier alpha value is -2.11. The van der Waals surface area contributed by atoms with Crippen LogP contribution in [0.4, 0.5) is 0 Å². The van der Waals surface area contributed by atoms with Crippen LogP contribution in [0.1, 0.15) is 43.2 Å². The van der Waals surface area contributed by atoms with Crippen molar-refractivity contribution in [3.05, 3.63) is 51.9 Å². The maximum Gasteiger partial charge on any atom is 0.250 e. The molecule has 148 valence electrons. The molecule has 5 rings (SSSR count). The second-order valence-electron chi connectivity index (χ2n) is 8.56. The number of aryl methyl sites for hydroxylation is 2. The highest BCUT2D eigenvalue weighted by molar-refractivity contribution is 5.68. The largest absolute Gasteiger partial charge is 0.462 e. The molecule has 3 aliphatic rings. The third kappa shape index (κ3) is 3.07. The van der Waals surface area contributed by atoms with E-state index in [4.69, 9.17) is 9.47 Å². The zero-order chi connectivity index (χ0) is 19.3. The molecule has 2 aliphatic heterocycles. The van der Waals surface area contributed by atoms with Gasteiger partial charge in [-0.05, 0) is 43.0 Å². The number of likely N-dealkylation sites (tertiary alicyclic amines) is 1. The van der Waals surface area contributed by atoms with Gasteiger partial charge in [-0.1, -0.05) is 12.5 Å². The summed E-state index contributed by atoms with van der Waals surface area (Å²) in [6, 6.07) is 8.78. The van der Waals surface area contributed by atoms with Gasteiger partial charge in [0.25, 0.3) is 5.56 Å². The Morgan fingerprint density at radius 3 is 2.64 bits per heavy atom. The maximum absolute atomic E-state index is 11.8. The third-order valence-electron chi connectivity index (χ3n) is 6.74. The molecule has 2 aromatic rings. The summed E-state index contributed by atoms with van der Waals surface area (Å²) in [5.41, 5.74) is 4.24. The van der Waals surface area contributed by atoms with Crippen molar-refractivity contribution in [3.8, 4) is 16.9 Å². The predicted molar refractivity (Wildman–Crippen MR) is 108 cm³/mol. The molecule has 0 N–H and O–H groups in total. The van der Waals surface area contributed by atoms with Crippen LogP contribution >= 0.6 is 0 Å². The van der Waals surface area contributed by atoms with Crippen molar-refractivity contribution < 1.29 is 9.47 Å². The lowest BCUT2D eigenvalue weighted by Crippen LogP contribution is -2.54. The summed E-state index contributed by atoms with van der Waals surface area (Å²) in [7, 11) is 1.79. The molecule has 5 heteroatoms. The molecular formula is C23H28N2O3. The number of benzene rings is 1. The molecule has 2 fully saturated rings. The Balaban J connectivity index is 1.35. The van der Waals surface area contributed by atoms with Gasteiger partial charge in [-0.15, -0.1) is 0 Å². The fraction of sp³-hybridized carbons (Fsp3) is 0.522. The lowest BCUT2D eigenvalue weighted by atomic mass is 9.89. The number of aromatic nitrogens is 1. The van der Waals surface area contributed by atoms with Crippen molar-refractivity contribution in [2.45, 2.75) is 57.5 Å². The normalized spacial score (nSPS) is 21.8. The van der Waals surface area contributed by atoms with E-state index in [0.29, 0.717) is 6.61 Å². The third-order valence-corrected chi connectivity index (χ3v) is 6.74. The van der Waals surface area contributed by atoms with E-state index in [2.05, 4.69) is 23.1 Å². The number of hydrogen-bond acceptors (Lipinski definition) is 4. The van der Waals surface area contributed by atoms with Crippen molar-refractivity contribution >= 4 is 0 Å². The highest BCUT2D eigenvalue weighted by atomic mass is 16.7. The Labute approximate surface area is 165 Å². The van der Waals surface area contributed by atoms with Crippen LogP contribution < -0.4 is 10.3 Å². The minimum absolute atomic E-state index is 0.0149. The average Bonchev–Trinajstić information content (AvgIpc) is 2.65. The summed E-state index contributed by atoms with van der Waals surface area (Å²) < 4.78 is 14.3. The number of fused-ring (bicyclic) bond motifs is 1. The molecule has 0 atom stereocenters. The first kappa shape index (κ1) is 18.0. The van der Waals surface area contributed by atoms with Crippen LogP contribution in [0, 0.1) is 6.92 Å². The van der Waals surface area contributed by atoms with E-state index in [1.54, 1.807) is 17.7 Å². The van der Waals surface area contributed by atoms with E-state index >= 15 is 0 Å². The van der Waals surface area contributed by atoms with Crippen LogP contribution in [-0.2, 0) is 18.4 Å². The molecular weight excluding hydrogens is 352 g/mol. The number of rotatable bonds is 2. The van der Waals surface area contributed by atoms with Gasteiger partial charge in [-0.25, -0.2) is 0 Å². The lowest BCUT2D eigenvalue weighted by molar-refractivity contribution is -0.231. The van der Waals surface area contributed by atoms with Crippen molar-refractivity contribution in [2.75, 3.05) is 13.1 Å². The molecule has 1 aromatic carbocycles. The van der Waals surface area contributed by atoms with Crippen LogP contribution in [0.3, 0.4) is 0 Å². The molecule has 3 heterocycles. The van der Waals surface area contributed by atoms with E-state index in [9.17, 15) is 4.79 Å². The molecule has 5 nitrogen and oxygen atoms in total. The van der Waals surface area contributed by atoms with Crippen LogP contribution in [0.2, 0.25) is 0 Å². The monoisotopic (exact) mass is 380 g/mol. The van der Waals surface area contributed by atoms with Gasteiger partial charge < -0.3 is 14.0 Å². The average molecular weight is 380 g/mol. The van der Waals surface area contributed by atoms with E-state index in [0.717, 1.165) is 60.0 Å². The molecule has 0 radical (unpaired) electrons. The lowest BCUT2D eigenvalue weighted by Gasteiger charge is -2.47. The topological polar surface area (TPSA) is 43.7 Å². The summed E-state index contributed by atoms with van der Waals surface area (Å²) in [5.74, 6) is 0.482. The zero-order valence-electron chi connectivity index (χ0n) is 16.7. The quantitative estimate of drug-likeness (QED) is 0.798. The minimum Gasteiger partial charge on any atom is -0.462 e. The number of nitrogens with zero attached hydrogens (tertiary/aromatic N) is 2. The summed E-state index contributed by atoms with van der Waals surface area (Å²) in [5, 5.41) is 0. The molecule has 1 aromatic heterocycles. The van der Waals surface area contributed by atoms with Crippen molar-refractivity contribution in [2.24, 2.45) is 7.05 Å². The first-order valence-corrected chi connectivity index (χ1v) is 10.4. The van der Waals surface area contributed by atoms with Crippen molar-refractivity contribution in [1.82, 2.24) is 9.47 Å². The van der Waals surface area contributed by atoms with E-state index in [1.165, 1.54) is 19.3 Å². The van der Waals surface area contributed by atoms with Gasteiger partial charge in [0, 0.05) is 62.4 Å². The Morgan fingerprint density at radius 1 is 1.14 bits per heavy atom. The molecule has 1 saturated heterocycles. The highest BCUT2D eigenvalue weighted by Gasteiger charge is 2.42. The summed E-state index contributed by atoms with van der Waals surface area (Å²) >= 11 is 0. The number of pyridine rings is 1. The van der Waals surface area contributed by atoms with Crippen LogP contribution in [0.15, 0.2) is 35.3 Å². The van der Waals surface area contributed by atoms with Gasteiger partial charge in [0.05, 0.1) is 6.61 Å². The van der Waals surface area contributed by atoms with Gasteiger partial charge in [-0.3, -0.25) is 9.69 Å². The first-order valence-electron chi connectivity index (χ1n) is 10.4. The predicted octanol–water partition coefficient (Wildman–Crippen LogP) is 3.61. The Morgan fingerprint density at radius 2 is 1.93 bits per heavy atom. The molecule has 0 bridgehead atoms. The van der Waals surface area contributed by atoms with Gasteiger partial charge in [0.15, 0.2) is 0 Å². The number of ether oxygens (including phenoxy) is 2. The van der Waals surface area contributed by atoms with Gasteiger partial charge in [0.2, 0.25) is 5.79 Å². The fourth-order valence-electron chi connectivity index (χ4n) is 4.65. The molecule has 28 heavy (non-hydrogen) atoms. The standard InChI is InChI=1S/C23H28N2O3/c1-16-12-22(26)24(2)14-20(16)17-6-7-21-18(13-17)15-27-23(28-21)8-10-25(11-9-23)19-4-3-5-19/h6-7,12-14,19H,3-5,8-11,15H2,1-2H3. The van der Waals surface area contributed by atoms with Crippen LogP contribution in [-0.4, -0.2) is 34.4 Å². The number of piperidine rings is 1. The van der Waals surface area contributed by atoms with Gasteiger partial charge >= 0.3 is 0 Å². The molecule has 1 saturated carbocycles. The zero-order valence-corrected chi connectivity index (χ0v) is 16.7. The molecule has 0 amide bonds. The Bertz CT molecular complexity index is 953. The van der Waals surface area contributed by atoms with Crippen molar-refractivity contribution in [1.29, 1.82) is 0 Å². The summed E-state index contributed by atoms with van der Waals surface area (Å²) in [6.07, 6.45) is 7.86. The van der Waals surface area contributed by atoms with Crippen LogP contribution in [0.25, 0.3) is 11.1 Å². The second-order valence-corrected chi connectivity index (χ2v) is 8.56. The van der Waals surface area contributed by atoms with E-state index < -0.39 is 5.79 Å². The minimum atomic E-state index is -0.457. The Kier molecular flexibility index (Phi) is 4.33. The number of hydrogen-bond donors (Lipinski definition) is 0. The molecule has 1 spiro atoms. The van der Waals surface area contributed by atoms with E-state index in [-0.39, 0.29) is 5.56 Å². The highest BCUT2D eigenvalue weighted by Crippen LogP contribution is 2.40. The maximum atomic E-state index is 11.8. The smallest absolute Gasteiger partial charge is 0.250 e. The molecule has 0 unspecified atom stereocenters. The van der Waals surface area contributed by atoms with Crippen molar-refractivity contribution in [3.63, 3.8) is 0 Å². The summed E-state index contributed by atoms with van der Waals surface area (Å²) in [6.45, 7) is 4.69. The molecule has 1 aliphatic carbocycles. The fourth-order valence-corrected chi connectivity index (χ4v) is 4.65. The van der Waals surface area contributed by atoms with Gasteiger partial charge in [-0.2, -0.15) is 0 Å².